The zero-order chi connectivity index (χ0) is 13.5. The molecule has 0 aromatic carbocycles. The van der Waals surface area contributed by atoms with Crippen molar-refractivity contribution < 1.29 is 4.42 Å². The van der Waals surface area contributed by atoms with Gasteiger partial charge in [0.25, 0.3) is 0 Å². The number of hydrogen-bond acceptors (Lipinski definition) is 3. The lowest BCUT2D eigenvalue weighted by atomic mass is 10.1. The Morgan fingerprint density at radius 2 is 2.11 bits per heavy atom. The van der Waals surface area contributed by atoms with Crippen molar-refractivity contribution in [2.45, 2.75) is 47.2 Å². The van der Waals surface area contributed by atoms with Crippen molar-refractivity contribution in [1.29, 1.82) is 0 Å². The van der Waals surface area contributed by atoms with Crippen LogP contribution in [0, 0.1) is 12.8 Å². The third-order valence-corrected chi connectivity index (χ3v) is 3.53. The Morgan fingerprint density at radius 3 is 2.67 bits per heavy atom. The zero-order valence-electron chi connectivity index (χ0n) is 12.5. The van der Waals surface area contributed by atoms with Crippen LogP contribution in [0.15, 0.2) is 10.5 Å². The maximum atomic E-state index is 5.74. The summed E-state index contributed by atoms with van der Waals surface area (Å²) in [7, 11) is 1.94. The molecule has 1 atom stereocenters. The summed E-state index contributed by atoms with van der Waals surface area (Å²) >= 11 is 0. The third-order valence-electron chi connectivity index (χ3n) is 3.53. The van der Waals surface area contributed by atoms with Crippen LogP contribution in [0.3, 0.4) is 0 Å². The molecule has 104 valence electrons. The van der Waals surface area contributed by atoms with E-state index in [0.717, 1.165) is 37.1 Å². The van der Waals surface area contributed by atoms with E-state index in [4.69, 9.17) is 4.42 Å². The van der Waals surface area contributed by atoms with E-state index < -0.39 is 0 Å². The largest absolute Gasteiger partial charge is 0.465 e. The van der Waals surface area contributed by atoms with Crippen LogP contribution in [-0.4, -0.2) is 25.0 Å². The fourth-order valence-corrected chi connectivity index (χ4v) is 2.12. The Morgan fingerprint density at radius 1 is 1.39 bits per heavy atom. The highest BCUT2D eigenvalue weighted by molar-refractivity contribution is 5.20. The summed E-state index contributed by atoms with van der Waals surface area (Å²) in [5.74, 6) is 2.85. The average molecular weight is 252 g/mol. The van der Waals surface area contributed by atoms with Crippen molar-refractivity contribution in [3.8, 4) is 0 Å². The highest BCUT2D eigenvalue weighted by atomic mass is 16.3. The molecule has 0 aliphatic rings. The van der Waals surface area contributed by atoms with E-state index in [1.54, 1.807) is 0 Å². The summed E-state index contributed by atoms with van der Waals surface area (Å²) in [4.78, 5) is 2.50. The van der Waals surface area contributed by atoms with Crippen molar-refractivity contribution in [1.82, 2.24) is 10.2 Å². The summed E-state index contributed by atoms with van der Waals surface area (Å²) in [5, 5.41) is 3.13. The Hall–Kier alpha value is -0.800. The van der Waals surface area contributed by atoms with E-state index in [2.05, 4.69) is 44.0 Å². The van der Waals surface area contributed by atoms with Gasteiger partial charge in [-0.25, -0.2) is 0 Å². The molecule has 1 aromatic heterocycles. The molecule has 1 heterocycles. The molecule has 18 heavy (non-hydrogen) atoms. The molecule has 0 spiro atoms. The SMILES string of the molecule is CCC(C)CN(CC)Cc1cc(CNC)oc1C. The topological polar surface area (TPSA) is 28.4 Å². The van der Waals surface area contributed by atoms with Crippen LogP contribution in [0.2, 0.25) is 0 Å². The summed E-state index contributed by atoms with van der Waals surface area (Å²) in [6, 6.07) is 2.19. The first-order chi connectivity index (χ1) is 8.60. The van der Waals surface area contributed by atoms with Gasteiger partial charge in [0.05, 0.1) is 6.54 Å². The number of nitrogens with one attached hydrogen (secondary N) is 1. The van der Waals surface area contributed by atoms with Crippen LogP contribution in [0.25, 0.3) is 0 Å². The fraction of sp³-hybridized carbons (Fsp3) is 0.733. The predicted octanol–water partition coefficient (Wildman–Crippen LogP) is 3.18. The molecule has 0 radical (unpaired) electrons. The van der Waals surface area contributed by atoms with E-state index >= 15 is 0 Å². The Bertz CT molecular complexity index is 346. The first-order valence-corrected chi connectivity index (χ1v) is 7.05. The van der Waals surface area contributed by atoms with Crippen LogP contribution in [0.4, 0.5) is 0 Å². The average Bonchev–Trinajstić information content (AvgIpc) is 2.69. The zero-order valence-corrected chi connectivity index (χ0v) is 12.5. The van der Waals surface area contributed by atoms with Gasteiger partial charge in [-0.3, -0.25) is 4.90 Å². The summed E-state index contributed by atoms with van der Waals surface area (Å²) in [6.45, 7) is 12.9. The number of aryl methyl sites for hydroxylation is 1. The van der Waals surface area contributed by atoms with E-state index in [1.165, 1.54) is 18.5 Å². The molecular formula is C15H28N2O. The van der Waals surface area contributed by atoms with Gasteiger partial charge >= 0.3 is 0 Å². The first-order valence-electron chi connectivity index (χ1n) is 7.05. The lowest BCUT2D eigenvalue weighted by Crippen LogP contribution is -2.27. The summed E-state index contributed by atoms with van der Waals surface area (Å²) < 4.78 is 5.74. The number of furan rings is 1. The minimum absolute atomic E-state index is 0.758. The van der Waals surface area contributed by atoms with Gasteiger partial charge in [0.1, 0.15) is 11.5 Å². The number of rotatable bonds is 8. The van der Waals surface area contributed by atoms with Gasteiger partial charge in [0.2, 0.25) is 0 Å². The molecule has 3 heteroatoms. The third kappa shape index (κ3) is 4.46. The van der Waals surface area contributed by atoms with Crippen LogP contribution in [-0.2, 0) is 13.1 Å². The molecule has 1 aromatic rings. The monoisotopic (exact) mass is 252 g/mol. The fourth-order valence-electron chi connectivity index (χ4n) is 2.12. The molecule has 1 N–H and O–H groups in total. The molecule has 0 saturated carbocycles. The number of nitrogens with zero attached hydrogens (tertiary/aromatic N) is 1. The highest BCUT2D eigenvalue weighted by Gasteiger charge is 2.12. The van der Waals surface area contributed by atoms with Crippen LogP contribution >= 0.6 is 0 Å². The van der Waals surface area contributed by atoms with Gasteiger partial charge in [0.15, 0.2) is 0 Å². The lowest BCUT2D eigenvalue weighted by Gasteiger charge is -2.23. The van der Waals surface area contributed by atoms with E-state index in [9.17, 15) is 0 Å². The van der Waals surface area contributed by atoms with Crippen LogP contribution in [0.5, 0.6) is 0 Å². The quantitative estimate of drug-likeness (QED) is 0.770. The molecule has 0 fully saturated rings. The lowest BCUT2D eigenvalue weighted by molar-refractivity contribution is 0.237. The normalized spacial score (nSPS) is 13.2. The predicted molar refractivity (Wildman–Crippen MR) is 76.6 cm³/mol. The maximum absolute atomic E-state index is 5.74. The summed E-state index contributed by atoms with van der Waals surface area (Å²) in [6.07, 6.45) is 1.24. The van der Waals surface area contributed by atoms with Gasteiger partial charge in [-0.05, 0) is 32.5 Å². The summed E-state index contributed by atoms with van der Waals surface area (Å²) in [5.41, 5.74) is 1.32. The van der Waals surface area contributed by atoms with Crippen molar-refractivity contribution in [3.63, 3.8) is 0 Å². The Kier molecular flexibility index (Phi) is 6.44. The standard InChI is InChI=1S/C15H28N2O/c1-6-12(3)10-17(7-2)11-14-8-15(9-16-5)18-13(14)4/h8,12,16H,6-7,9-11H2,1-5H3. The second-order valence-corrected chi connectivity index (χ2v) is 5.17. The maximum Gasteiger partial charge on any atom is 0.118 e. The second-order valence-electron chi connectivity index (χ2n) is 5.17. The minimum atomic E-state index is 0.758. The van der Waals surface area contributed by atoms with Crippen molar-refractivity contribution in [3.05, 3.63) is 23.2 Å². The van der Waals surface area contributed by atoms with E-state index in [-0.39, 0.29) is 0 Å². The van der Waals surface area contributed by atoms with Gasteiger partial charge in [-0.2, -0.15) is 0 Å². The van der Waals surface area contributed by atoms with Gasteiger partial charge in [-0.1, -0.05) is 27.2 Å². The van der Waals surface area contributed by atoms with E-state index in [1.807, 2.05) is 7.05 Å². The van der Waals surface area contributed by atoms with Gasteiger partial charge < -0.3 is 9.73 Å². The molecule has 0 aliphatic carbocycles. The first kappa shape index (κ1) is 15.3. The van der Waals surface area contributed by atoms with Crippen molar-refractivity contribution in [2.75, 3.05) is 20.1 Å². The van der Waals surface area contributed by atoms with Crippen molar-refractivity contribution in [2.24, 2.45) is 5.92 Å². The van der Waals surface area contributed by atoms with Crippen molar-refractivity contribution >= 4 is 0 Å². The van der Waals surface area contributed by atoms with Crippen LogP contribution in [0.1, 0.15) is 44.3 Å². The van der Waals surface area contributed by atoms with Gasteiger partial charge in [-0.15, -0.1) is 0 Å². The molecule has 1 rings (SSSR count). The number of hydrogen-bond donors (Lipinski definition) is 1. The highest BCUT2D eigenvalue weighted by Crippen LogP contribution is 2.17. The molecule has 3 nitrogen and oxygen atoms in total. The molecule has 0 saturated heterocycles. The smallest absolute Gasteiger partial charge is 0.118 e. The molecule has 1 unspecified atom stereocenters. The Balaban J connectivity index is 2.63. The second kappa shape index (κ2) is 7.59. The minimum Gasteiger partial charge on any atom is -0.465 e. The Labute approximate surface area is 112 Å². The molecule has 0 aliphatic heterocycles. The van der Waals surface area contributed by atoms with Crippen LogP contribution < -0.4 is 5.32 Å². The molecular weight excluding hydrogens is 224 g/mol. The molecule has 0 amide bonds. The van der Waals surface area contributed by atoms with Gasteiger partial charge in [0, 0.05) is 18.7 Å². The molecule has 0 bridgehead atoms. The van der Waals surface area contributed by atoms with E-state index in [0.29, 0.717) is 0 Å².